The minimum Gasteiger partial charge on any atom is -0.469 e. The summed E-state index contributed by atoms with van der Waals surface area (Å²) >= 11 is 1.78. The summed E-state index contributed by atoms with van der Waals surface area (Å²) < 4.78 is 18.7. The lowest BCUT2D eigenvalue weighted by Gasteiger charge is -2.12. The second kappa shape index (κ2) is 10.0. The second-order valence-electron chi connectivity index (χ2n) is 5.42. The van der Waals surface area contributed by atoms with Crippen LogP contribution in [0.3, 0.4) is 0 Å². The van der Waals surface area contributed by atoms with Crippen LogP contribution in [0.15, 0.2) is 46.0 Å². The van der Waals surface area contributed by atoms with Gasteiger partial charge in [-0.3, -0.25) is 0 Å². The predicted molar refractivity (Wildman–Crippen MR) is 99.1 cm³/mol. The van der Waals surface area contributed by atoms with Crippen LogP contribution < -0.4 is 10.6 Å². The third-order valence-corrected chi connectivity index (χ3v) is 4.10. The van der Waals surface area contributed by atoms with Gasteiger partial charge in [0.2, 0.25) is 0 Å². The third-order valence-electron chi connectivity index (χ3n) is 3.48. The number of nitrogens with one attached hydrogen (secondary N) is 2. The highest BCUT2D eigenvalue weighted by atomic mass is 32.2. The van der Waals surface area contributed by atoms with Gasteiger partial charge < -0.3 is 15.1 Å². The number of halogens is 1. The topological polar surface area (TPSA) is 49.6 Å². The van der Waals surface area contributed by atoms with Crippen molar-refractivity contribution in [1.29, 1.82) is 0 Å². The van der Waals surface area contributed by atoms with E-state index < -0.39 is 0 Å². The average molecular weight is 349 g/mol. The third kappa shape index (κ3) is 6.28. The summed E-state index contributed by atoms with van der Waals surface area (Å²) in [7, 11) is 0. The Morgan fingerprint density at radius 2 is 2.08 bits per heavy atom. The van der Waals surface area contributed by atoms with Gasteiger partial charge in [-0.25, -0.2) is 9.38 Å². The molecule has 0 aliphatic carbocycles. The highest BCUT2D eigenvalue weighted by molar-refractivity contribution is 7.98. The van der Waals surface area contributed by atoms with Gasteiger partial charge in [0.25, 0.3) is 0 Å². The minimum absolute atomic E-state index is 0.183. The molecule has 0 aliphatic rings. The van der Waals surface area contributed by atoms with Gasteiger partial charge in [-0.1, -0.05) is 12.1 Å². The van der Waals surface area contributed by atoms with Gasteiger partial charge in [-0.2, -0.15) is 11.8 Å². The fraction of sp³-hybridized carbons (Fsp3) is 0.389. The summed E-state index contributed by atoms with van der Waals surface area (Å²) in [6.07, 6.45) is 4.55. The van der Waals surface area contributed by atoms with Gasteiger partial charge in [0.15, 0.2) is 5.96 Å². The van der Waals surface area contributed by atoms with E-state index in [1.165, 1.54) is 6.07 Å². The molecule has 2 rings (SSSR count). The Morgan fingerprint density at radius 3 is 2.79 bits per heavy atom. The maximum atomic E-state index is 13.3. The van der Waals surface area contributed by atoms with Gasteiger partial charge in [0.05, 0.1) is 12.8 Å². The Hall–Kier alpha value is -1.95. The Bertz CT molecular complexity index is 644. The minimum atomic E-state index is -0.183. The van der Waals surface area contributed by atoms with Gasteiger partial charge in [-0.05, 0) is 42.5 Å². The number of benzene rings is 1. The average Bonchev–Trinajstić information content (AvgIpc) is 3.09. The molecule has 0 spiro atoms. The Labute approximate surface area is 146 Å². The standard InChI is InChI=1S/C18H24FN3OS/c1-14-12-15(5-6-17(14)19)13-22-18(21-9-11-24-2)20-8-7-16-4-3-10-23-16/h3-6,10,12H,7-9,11,13H2,1-2H3,(H2,20,21,22). The summed E-state index contributed by atoms with van der Waals surface area (Å²) in [5.74, 6) is 2.53. The summed E-state index contributed by atoms with van der Waals surface area (Å²) in [6.45, 7) is 3.86. The summed E-state index contributed by atoms with van der Waals surface area (Å²) in [5.41, 5.74) is 1.64. The highest BCUT2D eigenvalue weighted by Crippen LogP contribution is 2.10. The van der Waals surface area contributed by atoms with Crippen molar-refractivity contribution in [1.82, 2.24) is 10.6 Å². The number of hydrogen-bond donors (Lipinski definition) is 2. The van der Waals surface area contributed by atoms with Crippen molar-refractivity contribution in [2.75, 3.05) is 25.1 Å². The van der Waals surface area contributed by atoms with E-state index in [9.17, 15) is 4.39 Å². The van der Waals surface area contributed by atoms with Crippen LogP contribution in [-0.2, 0) is 13.0 Å². The van der Waals surface area contributed by atoms with Crippen LogP contribution in [-0.4, -0.2) is 31.1 Å². The van der Waals surface area contributed by atoms with E-state index in [1.807, 2.05) is 18.2 Å². The van der Waals surface area contributed by atoms with E-state index in [4.69, 9.17) is 4.42 Å². The molecule has 0 saturated carbocycles. The van der Waals surface area contributed by atoms with Gasteiger partial charge >= 0.3 is 0 Å². The predicted octanol–water partition coefficient (Wildman–Crippen LogP) is 3.37. The SMILES string of the molecule is CSCCNC(=NCc1ccc(F)c(C)c1)NCCc1ccco1. The van der Waals surface area contributed by atoms with Crippen LogP contribution in [0.25, 0.3) is 0 Å². The zero-order chi connectivity index (χ0) is 17.2. The summed E-state index contributed by atoms with van der Waals surface area (Å²) in [4.78, 5) is 4.59. The number of aryl methyl sites for hydroxylation is 1. The van der Waals surface area contributed by atoms with Crippen LogP contribution in [0.5, 0.6) is 0 Å². The zero-order valence-corrected chi connectivity index (χ0v) is 15.0. The number of aliphatic imine (C=N–C) groups is 1. The Balaban J connectivity index is 1.91. The van der Waals surface area contributed by atoms with E-state index in [0.717, 1.165) is 42.5 Å². The van der Waals surface area contributed by atoms with Crippen molar-refractivity contribution in [2.45, 2.75) is 19.9 Å². The molecule has 1 heterocycles. The van der Waals surface area contributed by atoms with Crippen molar-refractivity contribution < 1.29 is 8.81 Å². The number of hydrogen-bond acceptors (Lipinski definition) is 3. The molecule has 1 aromatic heterocycles. The number of thioether (sulfide) groups is 1. The van der Waals surface area contributed by atoms with Crippen LogP contribution in [0.4, 0.5) is 4.39 Å². The monoisotopic (exact) mass is 349 g/mol. The molecule has 0 fully saturated rings. The van der Waals surface area contributed by atoms with Crippen molar-refractivity contribution in [3.8, 4) is 0 Å². The van der Waals surface area contributed by atoms with Crippen molar-refractivity contribution >= 4 is 17.7 Å². The van der Waals surface area contributed by atoms with E-state index in [0.29, 0.717) is 12.1 Å². The first kappa shape index (κ1) is 18.4. The lowest BCUT2D eigenvalue weighted by molar-refractivity contribution is 0.507. The van der Waals surface area contributed by atoms with Crippen molar-refractivity contribution in [3.63, 3.8) is 0 Å². The molecule has 0 bridgehead atoms. The number of rotatable bonds is 8. The highest BCUT2D eigenvalue weighted by Gasteiger charge is 2.02. The fourth-order valence-electron chi connectivity index (χ4n) is 2.18. The molecule has 24 heavy (non-hydrogen) atoms. The number of guanidine groups is 1. The van der Waals surface area contributed by atoms with E-state index in [1.54, 1.807) is 31.0 Å². The maximum absolute atomic E-state index is 13.3. The molecule has 4 nitrogen and oxygen atoms in total. The molecule has 2 aromatic rings. The molecule has 0 atom stereocenters. The largest absolute Gasteiger partial charge is 0.469 e. The quantitative estimate of drug-likeness (QED) is 0.436. The fourth-order valence-corrected chi connectivity index (χ4v) is 2.49. The van der Waals surface area contributed by atoms with Gasteiger partial charge in [-0.15, -0.1) is 0 Å². The lowest BCUT2D eigenvalue weighted by atomic mass is 10.1. The van der Waals surface area contributed by atoms with Crippen LogP contribution in [0.2, 0.25) is 0 Å². The van der Waals surface area contributed by atoms with Crippen molar-refractivity contribution in [3.05, 3.63) is 59.3 Å². The summed E-state index contributed by atoms with van der Waals surface area (Å²) in [6, 6.07) is 8.94. The Kier molecular flexibility index (Phi) is 7.68. The molecule has 2 N–H and O–H groups in total. The van der Waals surface area contributed by atoms with Crippen molar-refractivity contribution in [2.24, 2.45) is 4.99 Å². The van der Waals surface area contributed by atoms with E-state index >= 15 is 0 Å². The van der Waals surface area contributed by atoms with Crippen LogP contribution in [0.1, 0.15) is 16.9 Å². The molecule has 6 heteroatoms. The number of furan rings is 1. The van der Waals surface area contributed by atoms with Gasteiger partial charge in [0, 0.05) is 25.3 Å². The second-order valence-corrected chi connectivity index (χ2v) is 6.41. The van der Waals surface area contributed by atoms with E-state index in [2.05, 4.69) is 21.9 Å². The molecule has 0 amide bonds. The normalized spacial score (nSPS) is 11.5. The molecular weight excluding hydrogens is 325 g/mol. The maximum Gasteiger partial charge on any atom is 0.191 e. The first-order valence-corrected chi connectivity index (χ1v) is 9.37. The molecule has 0 unspecified atom stereocenters. The lowest BCUT2D eigenvalue weighted by Crippen LogP contribution is -2.39. The molecule has 130 valence electrons. The smallest absolute Gasteiger partial charge is 0.191 e. The zero-order valence-electron chi connectivity index (χ0n) is 14.1. The van der Waals surface area contributed by atoms with Gasteiger partial charge in [0.1, 0.15) is 11.6 Å². The molecular formula is C18H24FN3OS. The molecule has 1 aromatic carbocycles. The first-order chi connectivity index (χ1) is 11.7. The first-order valence-electron chi connectivity index (χ1n) is 7.97. The summed E-state index contributed by atoms with van der Waals surface area (Å²) in [5, 5.41) is 6.62. The van der Waals surface area contributed by atoms with E-state index in [-0.39, 0.29) is 5.82 Å². The van der Waals surface area contributed by atoms with Crippen LogP contribution >= 0.6 is 11.8 Å². The Morgan fingerprint density at radius 1 is 1.25 bits per heavy atom. The molecule has 0 radical (unpaired) electrons. The molecule has 0 aliphatic heterocycles. The number of nitrogens with zero attached hydrogens (tertiary/aromatic N) is 1. The molecule has 0 saturated heterocycles. The van der Waals surface area contributed by atoms with Crippen LogP contribution in [0, 0.1) is 12.7 Å².